The summed E-state index contributed by atoms with van der Waals surface area (Å²) in [6.07, 6.45) is 2.36. The summed E-state index contributed by atoms with van der Waals surface area (Å²) < 4.78 is 27.4. The van der Waals surface area contributed by atoms with Gasteiger partial charge in [-0.25, -0.2) is 13.8 Å². The third-order valence-corrected chi connectivity index (χ3v) is 4.67. The van der Waals surface area contributed by atoms with Crippen molar-refractivity contribution in [2.45, 2.75) is 13.0 Å². The van der Waals surface area contributed by atoms with E-state index in [0.29, 0.717) is 0 Å². The van der Waals surface area contributed by atoms with Crippen LogP contribution in [-0.2, 0) is 13.0 Å². The molecule has 0 fully saturated rings. The molecule has 4 nitrogen and oxygen atoms in total. The number of halogens is 2. The number of para-hydroxylation sites is 1. The van der Waals surface area contributed by atoms with Crippen molar-refractivity contribution < 1.29 is 13.6 Å². The monoisotopic (exact) mass is 365 g/mol. The predicted octanol–water partition coefficient (Wildman–Crippen LogP) is 4.17. The summed E-state index contributed by atoms with van der Waals surface area (Å²) in [6.45, 7) is 1.60. The molecule has 2 aromatic carbocycles. The van der Waals surface area contributed by atoms with E-state index < -0.39 is 23.2 Å². The maximum atomic E-state index is 13.7. The van der Waals surface area contributed by atoms with Gasteiger partial charge in [0.15, 0.2) is 0 Å². The van der Waals surface area contributed by atoms with Crippen molar-refractivity contribution >= 4 is 17.4 Å². The van der Waals surface area contributed by atoms with Crippen molar-refractivity contribution in [3.8, 4) is 0 Å². The predicted molar refractivity (Wildman–Crippen MR) is 99.7 cm³/mol. The molecule has 0 spiro atoms. The summed E-state index contributed by atoms with van der Waals surface area (Å²) in [5.74, 6) is -1.49. The third kappa shape index (κ3) is 3.51. The molecule has 6 heteroatoms. The highest BCUT2D eigenvalue weighted by Crippen LogP contribution is 2.23. The normalized spacial score (nSPS) is 13.2. The molecule has 1 amide bonds. The topological polar surface area (TPSA) is 45.2 Å². The van der Waals surface area contributed by atoms with Crippen molar-refractivity contribution in [1.82, 2.24) is 4.98 Å². The molecule has 0 bridgehead atoms. The lowest BCUT2D eigenvalue weighted by atomic mass is 10.00. The SMILES string of the molecule is O=C(Nc1c(F)cccc1F)c1ccc(N2CCc3ccccc3C2)nc1. The number of nitrogens with one attached hydrogen (secondary N) is 1. The van der Waals surface area contributed by atoms with Crippen LogP contribution in [0.25, 0.3) is 0 Å². The molecule has 0 aliphatic carbocycles. The molecule has 1 aliphatic rings. The molecule has 0 saturated carbocycles. The molecule has 3 aromatic rings. The van der Waals surface area contributed by atoms with Crippen LogP contribution in [0.1, 0.15) is 21.5 Å². The van der Waals surface area contributed by atoms with Crippen molar-refractivity contribution in [3.05, 3.63) is 89.1 Å². The van der Waals surface area contributed by atoms with Crippen LogP contribution in [0, 0.1) is 11.6 Å². The standard InChI is InChI=1S/C21H17F2N3O/c22-17-6-3-7-18(23)20(17)25-21(27)15-8-9-19(24-12-15)26-11-10-14-4-1-2-5-16(14)13-26/h1-9,12H,10-11,13H2,(H,25,27). The first-order chi connectivity index (χ1) is 13.1. The van der Waals surface area contributed by atoms with Gasteiger partial charge < -0.3 is 10.2 Å². The maximum Gasteiger partial charge on any atom is 0.257 e. The average Bonchev–Trinajstić information content (AvgIpc) is 2.70. The Kier molecular flexibility index (Phi) is 4.54. The summed E-state index contributed by atoms with van der Waals surface area (Å²) >= 11 is 0. The number of nitrogens with zero attached hydrogens (tertiary/aromatic N) is 2. The number of amides is 1. The van der Waals surface area contributed by atoms with Crippen molar-refractivity contribution in [2.24, 2.45) is 0 Å². The zero-order valence-corrected chi connectivity index (χ0v) is 14.5. The van der Waals surface area contributed by atoms with E-state index in [4.69, 9.17) is 0 Å². The minimum Gasteiger partial charge on any atom is -0.352 e. The first-order valence-electron chi connectivity index (χ1n) is 8.65. The summed E-state index contributed by atoms with van der Waals surface area (Å²) in [5, 5.41) is 2.26. The van der Waals surface area contributed by atoms with Crippen LogP contribution < -0.4 is 10.2 Å². The molecule has 0 unspecified atom stereocenters. The fraction of sp³-hybridized carbons (Fsp3) is 0.143. The van der Waals surface area contributed by atoms with Crippen LogP contribution >= 0.6 is 0 Å². The molecular weight excluding hydrogens is 348 g/mol. The summed E-state index contributed by atoms with van der Waals surface area (Å²) in [4.78, 5) is 18.8. The second-order valence-corrected chi connectivity index (χ2v) is 6.40. The fourth-order valence-corrected chi connectivity index (χ4v) is 3.20. The van der Waals surface area contributed by atoms with Crippen molar-refractivity contribution in [3.63, 3.8) is 0 Å². The number of hydrogen-bond donors (Lipinski definition) is 1. The number of carbonyl (C=O) groups is 1. The molecule has 1 aliphatic heterocycles. The Balaban J connectivity index is 1.49. The Labute approximate surface area is 155 Å². The number of pyridine rings is 1. The van der Waals surface area contributed by atoms with Gasteiger partial charge >= 0.3 is 0 Å². The first kappa shape index (κ1) is 17.1. The van der Waals surface area contributed by atoms with Gasteiger partial charge in [-0.1, -0.05) is 30.3 Å². The summed E-state index contributed by atoms with van der Waals surface area (Å²) in [5.41, 5.74) is 2.39. The van der Waals surface area contributed by atoms with Gasteiger partial charge in [0.2, 0.25) is 0 Å². The highest BCUT2D eigenvalue weighted by atomic mass is 19.1. The minimum absolute atomic E-state index is 0.235. The second-order valence-electron chi connectivity index (χ2n) is 6.40. The molecule has 0 radical (unpaired) electrons. The van der Waals surface area contributed by atoms with Gasteiger partial charge in [-0.3, -0.25) is 4.79 Å². The minimum atomic E-state index is -0.820. The highest BCUT2D eigenvalue weighted by Gasteiger charge is 2.18. The van der Waals surface area contributed by atoms with Crippen molar-refractivity contribution in [2.75, 3.05) is 16.8 Å². The van der Waals surface area contributed by atoms with E-state index in [-0.39, 0.29) is 5.56 Å². The van der Waals surface area contributed by atoms with Crippen LogP contribution in [0.4, 0.5) is 20.3 Å². The van der Waals surface area contributed by atoms with E-state index in [1.807, 2.05) is 12.1 Å². The fourth-order valence-electron chi connectivity index (χ4n) is 3.20. The molecule has 4 rings (SSSR count). The van der Waals surface area contributed by atoms with E-state index in [2.05, 4.69) is 27.3 Å². The van der Waals surface area contributed by atoms with Gasteiger partial charge in [0.1, 0.15) is 23.1 Å². The van der Waals surface area contributed by atoms with Gasteiger partial charge in [0.25, 0.3) is 5.91 Å². The number of fused-ring (bicyclic) bond motifs is 1. The van der Waals surface area contributed by atoms with Gasteiger partial charge in [-0.05, 0) is 41.8 Å². The van der Waals surface area contributed by atoms with Crippen molar-refractivity contribution in [1.29, 1.82) is 0 Å². The van der Waals surface area contributed by atoms with Gasteiger partial charge in [-0.15, -0.1) is 0 Å². The number of anilines is 2. The van der Waals surface area contributed by atoms with E-state index >= 15 is 0 Å². The molecule has 2 heterocycles. The lowest BCUT2D eigenvalue weighted by Crippen LogP contribution is -2.31. The van der Waals surface area contributed by atoms with E-state index in [1.165, 1.54) is 23.4 Å². The molecule has 1 aromatic heterocycles. The zero-order valence-electron chi connectivity index (χ0n) is 14.5. The molecule has 0 saturated heterocycles. The lowest BCUT2D eigenvalue weighted by Gasteiger charge is -2.29. The number of aromatic nitrogens is 1. The summed E-state index contributed by atoms with van der Waals surface area (Å²) in [6, 6.07) is 15.1. The van der Waals surface area contributed by atoms with Crippen LogP contribution in [-0.4, -0.2) is 17.4 Å². The van der Waals surface area contributed by atoms with Crippen LogP contribution in [0.3, 0.4) is 0 Å². The molecule has 0 atom stereocenters. The molecule has 136 valence electrons. The molecular formula is C21H17F2N3O. The molecule has 27 heavy (non-hydrogen) atoms. The Morgan fingerprint density at radius 1 is 0.963 bits per heavy atom. The number of benzene rings is 2. The van der Waals surface area contributed by atoms with E-state index in [9.17, 15) is 13.6 Å². The molecule has 1 N–H and O–H groups in total. The summed E-state index contributed by atoms with van der Waals surface area (Å²) in [7, 11) is 0. The van der Waals surface area contributed by atoms with E-state index in [1.54, 1.807) is 12.1 Å². The number of hydrogen-bond acceptors (Lipinski definition) is 3. The van der Waals surface area contributed by atoms with Crippen LogP contribution in [0.5, 0.6) is 0 Å². The lowest BCUT2D eigenvalue weighted by molar-refractivity contribution is 0.102. The van der Waals surface area contributed by atoms with Crippen LogP contribution in [0.15, 0.2) is 60.8 Å². The van der Waals surface area contributed by atoms with Gasteiger partial charge in [-0.2, -0.15) is 0 Å². The number of rotatable bonds is 3. The van der Waals surface area contributed by atoms with Gasteiger partial charge in [0.05, 0.1) is 5.56 Å². The zero-order chi connectivity index (χ0) is 18.8. The smallest absolute Gasteiger partial charge is 0.257 e. The Morgan fingerprint density at radius 2 is 1.70 bits per heavy atom. The van der Waals surface area contributed by atoms with Crippen LogP contribution in [0.2, 0.25) is 0 Å². The Hall–Kier alpha value is -3.28. The Bertz CT molecular complexity index is 969. The van der Waals surface area contributed by atoms with Gasteiger partial charge in [0, 0.05) is 19.3 Å². The van der Waals surface area contributed by atoms with E-state index in [0.717, 1.165) is 37.5 Å². The Morgan fingerprint density at radius 3 is 2.41 bits per heavy atom. The number of carbonyl (C=O) groups excluding carboxylic acids is 1. The highest BCUT2D eigenvalue weighted by molar-refractivity contribution is 6.04. The average molecular weight is 365 g/mol. The quantitative estimate of drug-likeness (QED) is 0.758. The third-order valence-electron chi connectivity index (χ3n) is 4.67. The maximum absolute atomic E-state index is 13.7. The second kappa shape index (κ2) is 7.15. The largest absolute Gasteiger partial charge is 0.352 e. The first-order valence-corrected chi connectivity index (χ1v) is 8.65.